The molecule has 0 unspecified atom stereocenters. The zero-order valence-electron chi connectivity index (χ0n) is 15.6. The second-order valence-corrected chi connectivity index (χ2v) is 8.25. The van der Waals surface area contributed by atoms with Crippen LogP contribution in [0.15, 0.2) is 102 Å². The Hall–Kier alpha value is -3.23. The van der Waals surface area contributed by atoms with Gasteiger partial charge in [-0.15, -0.1) is 0 Å². The van der Waals surface area contributed by atoms with Crippen LogP contribution >= 0.6 is 15.9 Å². The lowest BCUT2D eigenvalue weighted by Crippen LogP contribution is -1.92. The van der Waals surface area contributed by atoms with E-state index < -0.39 is 0 Å². The Morgan fingerprint density at radius 3 is 1.86 bits per heavy atom. The third-order valence-corrected chi connectivity index (χ3v) is 6.18. The van der Waals surface area contributed by atoms with Crippen LogP contribution in [-0.4, -0.2) is 4.98 Å². The number of hydrogen-bond donors (Lipinski definition) is 0. The number of nitrogens with zero attached hydrogens (tertiary/aromatic N) is 1. The summed E-state index contributed by atoms with van der Waals surface area (Å²) in [6.45, 7) is 0. The SMILES string of the molecule is Brc1ccc2c(c1)c(-c1ccccc1)nc1c3ccccc3c3ccccc3c21. The van der Waals surface area contributed by atoms with E-state index in [2.05, 4.69) is 107 Å². The Balaban J connectivity index is 1.95. The van der Waals surface area contributed by atoms with Crippen molar-refractivity contribution >= 4 is 59.2 Å². The summed E-state index contributed by atoms with van der Waals surface area (Å²) in [5, 5.41) is 8.59. The fraction of sp³-hybridized carbons (Fsp3) is 0. The predicted octanol–water partition coefficient (Wildman–Crippen LogP) is 8.12. The highest BCUT2D eigenvalue weighted by atomic mass is 79.9. The van der Waals surface area contributed by atoms with Crippen molar-refractivity contribution in [2.24, 2.45) is 0 Å². The number of halogens is 1. The normalized spacial score (nSPS) is 11.6. The van der Waals surface area contributed by atoms with Crippen molar-refractivity contribution in [3.63, 3.8) is 0 Å². The van der Waals surface area contributed by atoms with Crippen LogP contribution in [0.1, 0.15) is 0 Å². The van der Waals surface area contributed by atoms with Gasteiger partial charge in [0.15, 0.2) is 0 Å². The van der Waals surface area contributed by atoms with Crippen LogP contribution in [0.25, 0.3) is 54.5 Å². The second-order valence-electron chi connectivity index (χ2n) is 7.33. The van der Waals surface area contributed by atoms with Gasteiger partial charge in [-0.2, -0.15) is 0 Å². The molecule has 1 nitrogen and oxygen atoms in total. The highest BCUT2D eigenvalue weighted by Crippen LogP contribution is 2.41. The number of aromatic nitrogens is 1. The summed E-state index contributed by atoms with van der Waals surface area (Å²) >= 11 is 3.66. The largest absolute Gasteiger partial charge is 0.246 e. The highest BCUT2D eigenvalue weighted by Gasteiger charge is 2.16. The van der Waals surface area contributed by atoms with Crippen LogP contribution in [0.4, 0.5) is 0 Å². The van der Waals surface area contributed by atoms with Crippen molar-refractivity contribution in [3.05, 3.63) is 102 Å². The highest BCUT2D eigenvalue weighted by molar-refractivity contribution is 9.10. The first kappa shape index (κ1) is 16.7. The Morgan fingerprint density at radius 1 is 0.517 bits per heavy atom. The van der Waals surface area contributed by atoms with Gasteiger partial charge in [0.1, 0.15) is 0 Å². The molecule has 0 N–H and O–H groups in total. The Bertz CT molecular complexity index is 1550. The molecule has 136 valence electrons. The van der Waals surface area contributed by atoms with Crippen LogP contribution in [0.5, 0.6) is 0 Å². The van der Waals surface area contributed by atoms with Gasteiger partial charge >= 0.3 is 0 Å². The summed E-state index contributed by atoms with van der Waals surface area (Å²) in [6.07, 6.45) is 0. The summed E-state index contributed by atoms with van der Waals surface area (Å²) in [5.41, 5.74) is 3.22. The molecule has 0 spiro atoms. The lowest BCUT2D eigenvalue weighted by molar-refractivity contribution is 1.44. The number of rotatable bonds is 1. The lowest BCUT2D eigenvalue weighted by Gasteiger charge is -2.15. The maximum Gasteiger partial charge on any atom is 0.0800 e. The topological polar surface area (TPSA) is 12.9 Å². The van der Waals surface area contributed by atoms with Gasteiger partial charge in [-0.1, -0.05) is 101 Å². The van der Waals surface area contributed by atoms with E-state index in [1.54, 1.807) is 0 Å². The number of hydrogen-bond acceptors (Lipinski definition) is 1. The van der Waals surface area contributed by atoms with Crippen molar-refractivity contribution < 1.29 is 0 Å². The molecule has 0 aliphatic heterocycles. The third kappa shape index (κ3) is 2.49. The molecule has 0 amide bonds. The van der Waals surface area contributed by atoms with E-state index in [1.807, 2.05) is 6.07 Å². The molecule has 1 aromatic heterocycles. The molecule has 0 saturated carbocycles. The van der Waals surface area contributed by atoms with Gasteiger partial charge in [-0.25, -0.2) is 4.98 Å². The molecule has 2 heteroatoms. The Labute approximate surface area is 176 Å². The van der Waals surface area contributed by atoms with Gasteiger partial charge in [-0.3, -0.25) is 0 Å². The van der Waals surface area contributed by atoms with E-state index in [9.17, 15) is 0 Å². The maximum atomic E-state index is 5.27. The molecule has 0 radical (unpaired) electrons. The van der Waals surface area contributed by atoms with Crippen LogP contribution < -0.4 is 0 Å². The zero-order chi connectivity index (χ0) is 19.4. The maximum absolute atomic E-state index is 5.27. The third-order valence-electron chi connectivity index (χ3n) is 5.68. The zero-order valence-corrected chi connectivity index (χ0v) is 17.1. The average molecular weight is 434 g/mol. The van der Waals surface area contributed by atoms with Gasteiger partial charge in [-0.05, 0) is 33.7 Å². The molecule has 0 aliphatic rings. The van der Waals surface area contributed by atoms with Crippen LogP contribution in [-0.2, 0) is 0 Å². The van der Waals surface area contributed by atoms with Crippen molar-refractivity contribution in [1.29, 1.82) is 0 Å². The molecule has 0 saturated heterocycles. The van der Waals surface area contributed by atoms with Crippen LogP contribution in [0, 0.1) is 0 Å². The van der Waals surface area contributed by atoms with Gasteiger partial charge in [0, 0.05) is 26.2 Å². The quantitative estimate of drug-likeness (QED) is 0.238. The molecule has 29 heavy (non-hydrogen) atoms. The predicted molar refractivity (Wildman–Crippen MR) is 127 cm³/mol. The summed E-state index contributed by atoms with van der Waals surface area (Å²) in [6, 6.07) is 34.3. The first-order valence-corrected chi connectivity index (χ1v) is 10.5. The second kappa shape index (κ2) is 6.40. The summed E-state index contributed by atoms with van der Waals surface area (Å²) in [4.78, 5) is 5.27. The molecule has 0 bridgehead atoms. The molecule has 6 aromatic rings. The van der Waals surface area contributed by atoms with Crippen LogP contribution in [0.2, 0.25) is 0 Å². The van der Waals surface area contributed by atoms with Gasteiger partial charge in [0.2, 0.25) is 0 Å². The lowest BCUT2D eigenvalue weighted by atomic mass is 9.92. The average Bonchev–Trinajstić information content (AvgIpc) is 2.79. The molecule has 5 aromatic carbocycles. The smallest absolute Gasteiger partial charge is 0.0800 e. The minimum absolute atomic E-state index is 1.02. The van der Waals surface area contributed by atoms with E-state index >= 15 is 0 Å². The van der Waals surface area contributed by atoms with E-state index in [0.29, 0.717) is 0 Å². The van der Waals surface area contributed by atoms with Crippen molar-refractivity contribution in [3.8, 4) is 11.3 Å². The molecule has 0 aliphatic carbocycles. The first-order valence-electron chi connectivity index (χ1n) is 9.69. The Morgan fingerprint density at radius 2 is 1.10 bits per heavy atom. The standard InChI is InChI=1S/C27H16BrN/c28-18-14-15-22-24(16-18)26(17-8-2-1-3-9-17)29-27-23-13-7-5-11-20(23)19-10-4-6-12-21(19)25(22)27/h1-16H. The van der Waals surface area contributed by atoms with Gasteiger partial charge in [0.05, 0.1) is 11.2 Å². The number of fused-ring (bicyclic) bond motifs is 8. The number of pyridine rings is 1. The fourth-order valence-electron chi connectivity index (χ4n) is 4.43. The van der Waals surface area contributed by atoms with E-state index in [-0.39, 0.29) is 0 Å². The van der Waals surface area contributed by atoms with Crippen molar-refractivity contribution in [2.45, 2.75) is 0 Å². The molecular weight excluding hydrogens is 418 g/mol. The van der Waals surface area contributed by atoms with Crippen molar-refractivity contribution in [2.75, 3.05) is 0 Å². The summed E-state index contributed by atoms with van der Waals surface area (Å²) in [5.74, 6) is 0. The number of benzene rings is 5. The van der Waals surface area contributed by atoms with E-state index in [0.717, 1.165) is 21.2 Å². The minimum Gasteiger partial charge on any atom is -0.246 e. The fourth-order valence-corrected chi connectivity index (χ4v) is 4.79. The molecule has 0 fully saturated rings. The summed E-state index contributed by atoms with van der Waals surface area (Å²) in [7, 11) is 0. The van der Waals surface area contributed by atoms with Gasteiger partial charge < -0.3 is 0 Å². The summed E-state index contributed by atoms with van der Waals surface area (Å²) < 4.78 is 1.06. The monoisotopic (exact) mass is 433 g/mol. The molecule has 1 heterocycles. The molecule has 6 rings (SSSR count). The van der Waals surface area contributed by atoms with Crippen molar-refractivity contribution in [1.82, 2.24) is 4.98 Å². The molecular formula is C27H16BrN. The minimum atomic E-state index is 1.02. The van der Waals surface area contributed by atoms with Crippen LogP contribution in [0.3, 0.4) is 0 Å². The van der Waals surface area contributed by atoms with Gasteiger partial charge in [0.25, 0.3) is 0 Å². The van der Waals surface area contributed by atoms with E-state index in [4.69, 9.17) is 4.98 Å². The Kier molecular flexibility index (Phi) is 3.68. The molecule has 0 atom stereocenters. The van der Waals surface area contributed by atoms with E-state index in [1.165, 1.54) is 37.7 Å². The first-order chi connectivity index (χ1) is 14.3.